The normalized spacial score (nSPS) is 15.0. The third-order valence-electron chi connectivity index (χ3n) is 3.90. The highest BCUT2D eigenvalue weighted by molar-refractivity contribution is 9.10. The lowest BCUT2D eigenvalue weighted by Gasteiger charge is -2.10. The molecule has 2 aromatic carbocycles. The Kier molecular flexibility index (Phi) is 5.66. The van der Waals surface area contributed by atoms with Crippen molar-refractivity contribution in [2.45, 2.75) is 6.92 Å². The Morgan fingerprint density at radius 2 is 2.00 bits per heavy atom. The van der Waals surface area contributed by atoms with Gasteiger partial charge in [-0.15, -0.1) is 0 Å². The third kappa shape index (κ3) is 4.06. The molecule has 0 spiro atoms. The Morgan fingerprint density at radius 3 is 2.70 bits per heavy atom. The van der Waals surface area contributed by atoms with E-state index in [4.69, 9.17) is 4.74 Å². The van der Waals surface area contributed by atoms with E-state index in [9.17, 15) is 9.59 Å². The van der Waals surface area contributed by atoms with E-state index in [1.165, 1.54) is 0 Å². The molecule has 0 N–H and O–H groups in total. The zero-order valence-electron chi connectivity index (χ0n) is 14.7. The van der Waals surface area contributed by atoms with Crippen molar-refractivity contribution in [2.75, 3.05) is 6.61 Å². The maximum atomic E-state index is 12.8. The van der Waals surface area contributed by atoms with Crippen LogP contribution in [0.15, 0.2) is 76.3 Å². The van der Waals surface area contributed by atoms with Gasteiger partial charge in [-0.05, 0) is 43.3 Å². The molecule has 2 aromatic rings. The number of hydrazone groups is 1. The highest BCUT2D eigenvalue weighted by atomic mass is 79.9. The van der Waals surface area contributed by atoms with Gasteiger partial charge in [-0.2, -0.15) is 10.1 Å². The van der Waals surface area contributed by atoms with Gasteiger partial charge in [0.15, 0.2) is 0 Å². The largest absolute Gasteiger partial charge is 0.489 e. The molecule has 136 valence electrons. The fourth-order valence-electron chi connectivity index (χ4n) is 2.59. The number of ether oxygens (including phenoxy) is 1. The van der Waals surface area contributed by atoms with Crippen molar-refractivity contribution >= 4 is 39.5 Å². The summed E-state index contributed by atoms with van der Waals surface area (Å²) in [5.41, 5.74) is 1.93. The molecule has 0 aliphatic carbocycles. The molecular formula is C21H17BrN2O3. The van der Waals surface area contributed by atoms with E-state index in [2.05, 4.69) is 27.6 Å². The standard InChI is InChI=1S/C21H17BrN2O3/c1-3-11-27-19-10-9-17(22)12-16(19)13-18-14(2)23-24(21(18)26)20(25)15-7-5-4-6-8-15/h3-10,12-13H,1,11H2,2H3/b18-13+. The molecule has 0 saturated carbocycles. The second-order valence-electron chi connectivity index (χ2n) is 5.81. The van der Waals surface area contributed by atoms with Gasteiger partial charge in [0.05, 0.1) is 11.3 Å². The van der Waals surface area contributed by atoms with E-state index in [-0.39, 0.29) is 0 Å². The summed E-state index contributed by atoms with van der Waals surface area (Å²) < 4.78 is 6.50. The average Bonchev–Trinajstić information content (AvgIpc) is 2.96. The van der Waals surface area contributed by atoms with E-state index < -0.39 is 11.8 Å². The van der Waals surface area contributed by atoms with E-state index >= 15 is 0 Å². The predicted molar refractivity (Wildman–Crippen MR) is 109 cm³/mol. The summed E-state index contributed by atoms with van der Waals surface area (Å²) in [7, 11) is 0. The van der Waals surface area contributed by atoms with Crippen LogP contribution in [0.1, 0.15) is 22.8 Å². The van der Waals surface area contributed by atoms with Gasteiger partial charge in [0.25, 0.3) is 11.8 Å². The van der Waals surface area contributed by atoms with Crippen LogP contribution < -0.4 is 4.74 Å². The zero-order valence-corrected chi connectivity index (χ0v) is 16.3. The lowest BCUT2D eigenvalue weighted by molar-refractivity contribution is -0.123. The predicted octanol–water partition coefficient (Wildman–Crippen LogP) is 4.46. The molecule has 5 nitrogen and oxygen atoms in total. The quantitative estimate of drug-likeness (QED) is 0.404. The van der Waals surface area contributed by atoms with Crippen molar-refractivity contribution < 1.29 is 14.3 Å². The van der Waals surface area contributed by atoms with Gasteiger partial charge >= 0.3 is 0 Å². The lowest BCUT2D eigenvalue weighted by Crippen LogP contribution is -2.29. The number of halogens is 1. The van der Waals surface area contributed by atoms with E-state index in [0.717, 1.165) is 9.48 Å². The van der Waals surface area contributed by atoms with Crippen molar-refractivity contribution in [3.63, 3.8) is 0 Å². The SMILES string of the molecule is C=CCOc1ccc(Br)cc1/C=C1/C(=O)N(C(=O)c2ccccc2)N=C1C. The monoisotopic (exact) mass is 424 g/mol. The fraction of sp³-hybridized carbons (Fsp3) is 0.0952. The summed E-state index contributed by atoms with van der Waals surface area (Å²) in [6, 6.07) is 14.1. The number of carbonyl (C=O) groups excluding carboxylic acids is 2. The highest BCUT2D eigenvalue weighted by Gasteiger charge is 2.33. The number of rotatable bonds is 5. The molecule has 0 bridgehead atoms. The summed E-state index contributed by atoms with van der Waals surface area (Å²) in [6.45, 7) is 5.68. The first-order valence-corrected chi connectivity index (χ1v) is 9.05. The lowest BCUT2D eigenvalue weighted by atomic mass is 10.1. The van der Waals surface area contributed by atoms with Crippen LogP contribution in [-0.4, -0.2) is 29.1 Å². The molecule has 6 heteroatoms. The molecule has 0 fully saturated rings. The number of benzene rings is 2. The zero-order chi connectivity index (χ0) is 19.4. The van der Waals surface area contributed by atoms with Crippen molar-refractivity contribution in [2.24, 2.45) is 5.10 Å². The summed E-state index contributed by atoms with van der Waals surface area (Å²) in [5, 5.41) is 5.05. The van der Waals surface area contributed by atoms with Crippen LogP contribution in [0.2, 0.25) is 0 Å². The minimum Gasteiger partial charge on any atom is -0.489 e. The molecule has 0 radical (unpaired) electrons. The first-order valence-electron chi connectivity index (χ1n) is 8.25. The van der Waals surface area contributed by atoms with Gasteiger partial charge in [0.1, 0.15) is 12.4 Å². The van der Waals surface area contributed by atoms with Crippen LogP contribution >= 0.6 is 15.9 Å². The number of hydrogen-bond acceptors (Lipinski definition) is 4. The molecule has 3 rings (SSSR count). The van der Waals surface area contributed by atoms with Gasteiger partial charge in [0, 0.05) is 15.6 Å². The minimum absolute atomic E-state index is 0.345. The Morgan fingerprint density at radius 1 is 1.26 bits per heavy atom. The molecule has 0 unspecified atom stereocenters. The number of amides is 2. The minimum atomic E-state index is -0.462. The average molecular weight is 425 g/mol. The smallest absolute Gasteiger partial charge is 0.283 e. The topological polar surface area (TPSA) is 59.0 Å². The van der Waals surface area contributed by atoms with Crippen LogP contribution in [0.4, 0.5) is 0 Å². The van der Waals surface area contributed by atoms with Crippen LogP contribution in [0.25, 0.3) is 6.08 Å². The summed E-state index contributed by atoms with van der Waals surface area (Å²) in [5.74, 6) is -0.309. The Labute approximate surface area is 165 Å². The van der Waals surface area contributed by atoms with Crippen molar-refractivity contribution in [3.05, 3.63) is 82.4 Å². The molecule has 0 aromatic heterocycles. The second-order valence-corrected chi connectivity index (χ2v) is 6.73. The fourth-order valence-corrected chi connectivity index (χ4v) is 2.97. The van der Waals surface area contributed by atoms with Gasteiger partial charge in [0.2, 0.25) is 0 Å². The molecule has 0 saturated heterocycles. The molecule has 1 aliphatic rings. The van der Waals surface area contributed by atoms with Gasteiger partial charge in [-0.3, -0.25) is 9.59 Å². The highest BCUT2D eigenvalue weighted by Crippen LogP contribution is 2.28. The number of imide groups is 1. The first kappa shape index (κ1) is 18.8. The third-order valence-corrected chi connectivity index (χ3v) is 4.40. The summed E-state index contributed by atoms with van der Waals surface area (Å²) in [6.07, 6.45) is 3.33. The molecule has 1 aliphatic heterocycles. The number of carbonyl (C=O) groups is 2. The van der Waals surface area contributed by atoms with Crippen molar-refractivity contribution in [1.29, 1.82) is 0 Å². The number of hydrogen-bond donors (Lipinski definition) is 0. The summed E-state index contributed by atoms with van der Waals surface area (Å²) >= 11 is 3.43. The maximum absolute atomic E-state index is 12.8. The molecule has 1 heterocycles. The van der Waals surface area contributed by atoms with Crippen LogP contribution in [0.3, 0.4) is 0 Å². The number of nitrogens with zero attached hydrogens (tertiary/aromatic N) is 2. The Hall–Kier alpha value is -2.99. The first-order chi connectivity index (χ1) is 13.0. The van der Waals surface area contributed by atoms with Gasteiger partial charge in [-0.1, -0.05) is 46.8 Å². The van der Waals surface area contributed by atoms with Crippen molar-refractivity contribution in [3.8, 4) is 5.75 Å². The maximum Gasteiger partial charge on any atom is 0.283 e. The van der Waals surface area contributed by atoms with Crippen molar-refractivity contribution in [1.82, 2.24) is 5.01 Å². The van der Waals surface area contributed by atoms with E-state index in [1.807, 2.05) is 12.1 Å². The Bertz CT molecular complexity index is 965. The van der Waals surface area contributed by atoms with Gasteiger partial charge in [-0.25, -0.2) is 0 Å². The molecular weight excluding hydrogens is 408 g/mol. The molecule has 0 atom stereocenters. The van der Waals surface area contributed by atoms with E-state index in [0.29, 0.717) is 34.8 Å². The van der Waals surface area contributed by atoms with E-state index in [1.54, 1.807) is 55.5 Å². The summed E-state index contributed by atoms with van der Waals surface area (Å²) in [4.78, 5) is 25.4. The molecule has 27 heavy (non-hydrogen) atoms. The van der Waals surface area contributed by atoms with Crippen LogP contribution in [0, 0.1) is 0 Å². The van der Waals surface area contributed by atoms with Gasteiger partial charge < -0.3 is 4.74 Å². The molecule has 2 amide bonds. The second kappa shape index (κ2) is 8.14. The van der Waals surface area contributed by atoms with Crippen LogP contribution in [0.5, 0.6) is 5.75 Å². The van der Waals surface area contributed by atoms with Crippen LogP contribution in [-0.2, 0) is 4.79 Å². The Balaban J connectivity index is 1.94.